The molecule has 1 aliphatic heterocycles. The van der Waals surface area contributed by atoms with Crippen LogP contribution in [0.4, 0.5) is 5.69 Å². The molecule has 0 aliphatic carbocycles. The summed E-state index contributed by atoms with van der Waals surface area (Å²) in [4.78, 5) is 18.8. The molecule has 0 bridgehead atoms. The van der Waals surface area contributed by atoms with Crippen molar-refractivity contribution in [2.24, 2.45) is 5.16 Å². The van der Waals surface area contributed by atoms with Crippen molar-refractivity contribution in [1.82, 2.24) is 0 Å². The van der Waals surface area contributed by atoms with Crippen molar-refractivity contribution in [1.29, 1.82) is 0 Å². The van der Waals surface area contributed by atoms with Crippen LogP contribution in [0.5, 0.6) is 0 Å². The van der Waals surface area contributed by atoms with E-state index in [4.69, 9.17) is 4.84 Å². The Kier molecular flexibility index (Phi) is 3.74. The van der Waals surface area contributed by atoms with Crippen molar-refractivity contribution in [2.45, 2.75) is 0 Å². The Bertz CT molecular complexity index is 744. The molecule has 0 aromatic heterocycles. The zero-order valence-corrected chi connectivity index (χ0v) is 12.5. The SMILES string of the molecule is CN(C)c1ccc(/C=C2/C(=O)ON=C2c2ccccc2)cc1. The van der Waals surface area contributed by atoms with Gasteiger partial charge in [0.2, 0.25) is 0 Å². The maximum absolute atomic E-state index is 11.9. The van der Waals surface area contributed by atoms with Crippen LogP contribution in [-0.4, -0.2) is 25.8 Å². The fourth-order valence-corrected chi connectivity index (χ4v) is 2.25. The molecule has 0 radical (unpaired) electrons. The fraction of sp³-hybridized carbons (Fsp3) is 0.111. The van der Waals surface area contributed by atoms with E-state index < -0.39 is 5.97 Å². The number of carbonyl (C=O) groups is 1. The van der Waals surface area contributed by atoms with Crippen LogP contribution in [0.2, 0.25) is 0 Å². The van der Waals surface area contributed by atoms with Gasteiger partial charge in [0.1, 0.15) is 5.71 Å². The lowest BCUT2D eigenvalue weighted by Gasteiger charge is -2.11. The average molecular weight is 292 g/mol. The predicted octanol–water partition coefficient (Wildman–Crippen LogP) is 3.10. The van der Waals surface area contributed by atoms with Crippen LogP contribution in [-0.2, 0) is 9.63 Å². The summed E-state index contributed by atoms with van der Waals surface area (Å²) in [5, 5.41) is 3.90. The second-order valence-electron chi connectivity index (χ2n) is 5.23. The van der Waals surface area contributed by atoms with E-state index >= 15 is 0 Å². The summed E-state index contributed by atoms with van der Waals surface area (Å²) >= 11 is 0. The van der Waals surface area contributed by atoms with Crippen LogP contribution in [0.3, 0.4) is 0 Å². The molecule has 1 aliphatic rings. The minimum Gasteiger partial charge on any atom is -0.378 e. The quantitative estimate of drug-likeness (QED) is 0.645. The highest BCUT2D eigenvalue weighted by Gasteiger charge is 2.26. The van der Waals surface area contributed by atoms with Crippen molar-refractivity contribution in [3.05, 3.63) is 71.3 Å². The monoisotopic (exact) mass is 292 g/mol. The van der Waals surface area contributed by atoms with Gasteiger partial charge in [-0.2, -0.15) is 0 Å². The van der Waals surface area contributed by atoms with E-state index in [2.05, 4.69) is 5.16 Å². The summed E-state index contributed by atoms with van der Waals surface area (Å²) < 4.78 is 0. The Balaban J connectivity index is 1.94. The Morgan fingerprint density at radius 3 is 2.32 bits per heavy atom. The third-order valence-corrected chi connectivity index (χ3v) is 3.46. The van der Waals surface area contributed by atoms with Crippen LogP contribution in [0.1, 0.15) is 11.1 Å². The minimum atomic E-state index is -0.421. The zero-order chi connectivity index (χ0) is 15.5. The van der Waals surface area contributed by atoms with Gasteiger partial charge in [0, 0.05) is 25.3 Å². The van der Waals surface area contributed by atoms with E-state index in [9.17, 15) is 4.79 Å². The Morgan fingerprint density at radius 2 is 1.68 bits per heavy atom. The summed E-state index contributed by atoms with van der Waals surface area (Å²) in [6.45, 7) is 0. The van der Waals surface area contributed by atoms with Gasteiger partial charge in [-0.3, -0.25) is 0 Å². The molecule has 0 fully saturated rings. The normalized spacial score (nSPS) is 15.6. The molecule has 2 aromatic carbocycles. The molecule has 0 atom stereocenters. The third-order valence-electron chi connectivity index (χ3n) is 3.46. The first-order chi connectivity index (χ1) is 10.6. The second kappa shape index (κ2) is 5.85. The highest BCUT2D eigenvalue weighted by molar-refractivity contribution is 6.31. The lowest BCUT2D eigenvalue weighted by atomic mass is 10.0. The maximum Gasteiger partial charge on any atom is 0.368 e. The van der Waals surface area contributed by atoms with Gasteiger partial charge in [-0.15, -0.1) is 0 Å². The van der Waals surface area contributed by atoms with Gasteiger partial charge in [-0.1, -0.05) is 47.6 Å². The number of hydrogen-bond donors (Lipinski definition) is 0. The van der Waals surface area contributed by atoms with Gasteiger partial charge in [0.15, 0.2) is 0 Å². The fourth-order valence-electron chi connectivity index (χ4n) is 2.25. The maximum atomic E-state index is 11.9. The van der Waals surface area contributed by atoms with Gasteiger partial charge in [-0.25, -0.2) is 4.79 Å². The van der Waals surface area contributed by atoms with Crippen LogP contribution >= 0.6 is 0 Å². The second-order valence-corrected chi connectivity index (χ2v) is 5.23. The molecule has 3 rings (SSSR count). The van der Waals surface area contributed by atoms with Crippen LogP contribution < -0.4 is 4.90 Å². The predicted molar refractivity (Wildman–Crippen MR) is 87.8 cm³/mol. The molecular formula is C18H16N2O2. The molecule has 0 spiro atoms. The molecule has 4 nitrogen and oxygen atoms in total. The molecular weight excluding hydrogens is 276 g/mol. The van der Waals surface area contributed by atoms with E-state index in [0.29, 0.717) is 11.3 Å². The summed E-state index contributed by atoms with van der Waals surface area (Å²) in [6, 6.07) is 17.5. The molecule has 0 N–H and O–H groups in total. The van der Waals surface area contributed by atoms with Gasteiger partial charge >= 0.3 is 5.97 Å². The van der Waals surface area contributed by atoms with E-state index in [1.165, 1.54) is 0 Å². The Labute approximate surface area is 129 Å². The van der Waals surface area contributed by atoms with Crippen molar-refractivity contribution < 1.29 is 9.63 Å². The van der Waals surface area contributed by atoms with E-state index in [1.54, 1.807) is 6.08 Å². The molecule has 22 heavy (non-hydrogen) atoms. The Hall–Kier alpha value is -2.88. The average Bonchev–Trinajstić information content (AvgIpc) is 2.90. The van der Waals surface area contributed by atoms with E-state index in [-0.39, 0.29) is 0 Å². The first-order valence-corrected chi connectivity index (χ1v) is 6.99. The smallest absolute Gasteiger partial charge is 0.368 e. The Morgan fingerprint density at radius 1 is 1.00 bits per heavy atom. The number of carbonyl (C=O) groups excluding carboxylic acids is 1. The summed E-state index contributed by atoms with van der Waals surface area (Å²) in [6.07, 6.45) is 1.81. The van der Waals surface area contributed by atoms with Crippen LogP contribution in [0.25, 0.3) is 6.08 Å². The van der Waals surface area contributed by atoms with Crippen LogP contribution in [0, 0.1) is 0 Å². The standard InChI is InChI=1S/C18H16N2O2/c1-20(2)15-10-8-13(9-11-15)12-16-17(19-22-18(16)21)14-6-4-3-5-7-14/h3-12H,1-2H3/b16-12+. The third kappa shape index (κ3) is 2.76. The number of anilines is 1. The lowest BCUT2D eigenvalue weighted by Crippen LogP contribution is -2.08. The van der Waals surface area contributed by atoms with Crippen molar-refractivity contribution in [2.75, 3.05) is 19.0 Å². The molecule has 0 saturated carbocycles. The topological polar surface area (TPSA) is 41.9 Å². The van der Waals surface area contributed by atoms with Gasteiger partial charge in [0.05, 0.1) is 5.57 Å². The van der Waals surface area contributed by atoms with Crippen molar-refractivity contribution in [3.8, 4) is 0 Å². The molecule has 110 valence electrons. The zero-order valence-electron chi connectivity index (χ0n) is 12.5. The largest absolute Gasteiger partial charge is 0.378 e. The van der Waals surface area contributed by atoms with E-state index in [1.807, 2.05) is 73.6 Å². The lowest BCUT2D eigenvalue weighted by molar-refractivity contribution is -0.136. The van der Waals surface area contributed by atoms with Crippen LogP contribution in [0.15, 0.2) is 65.3 Å². The number of oxime groups is 1. The highest BCUT2D eigenvalue weighted by Crippen LogP contribution is 2.21. The first-order valence-electron chi connectivity index (χ1n) is 6.99. The van der Waals surface area contributed by atoms with Gasteiger partial charge in [0.25, 0.3) is 0 Å². The van der Waals surface area contributed by atoms with E-state index in [0.717, 1.165) is 16.8 Å². The molecule has 0 unspecified atom stereocenters. The number of benzene rings is 2. The van der Waals surface area contributed by atoms with Crippen molar-refractivity contribution in [3.63, 3.8) is 0 Å². The first kappa shape index (κ1) is 14.1. The molecule has 4 heteroatoms. The minimum absolute atomic E-state index is 0.421. The number of rotatable bonds is 3. The van der Waals surface area contributed by atoms with Crippen molar-refractivity contribution >= 4 is 23.4 Å². The summed E-state index contributed by atoms with van der Waals surface area (Å²) in [5.41, 5.74) is 3.95. The highest BCUT2D eigenvalue weighted by atomic mass is 16.7. The number of hydrogen-bond acceptors (Lipinski definition) is 4. The number of nitrogens with zero attached hydrogens (tertiary/aromatic N) is 2. The molecule has 0 saturated heterocycles. The molecule has 2 aromatic rings. The summed E-state index contributed by atoms with van der Waals surface area (Å²) in [7, 11) is 3.98. The molecule has 1 heterocycles. The summed E-state index contributed by atoms with van der Waals surface area (Å²) in [5.74, 6) is -0.421. The molecule has 0 amide bonds. The van der Waals surface area contributed by atoms with Gasteiger partial charge < -0.3 is 9.74 Å². The van der Waals surface area contributed by atoms with Gasteiger partial charge in [-0.05, 0) is 23.8 Å².